The number of hydrogen-bond donors (Lipinski definition) is 0. The van der Waals surface area contributed by atoms with Crippen molar-refractivity contribution >= 4 is 98.8 Å². The van der Waals surface area contributed by atoms with E-state index in [1.54, 1.807) is 22.7 Å². The molecule has 274 valence electrons. The second kappa shape index (κ2) is 14.4. The first kappa shape index (κ1) is 34.2. The van der Waals surface area contributed by atoms with Crippen molar-refractivity contribution in [1.29, 1.82) is 0 Å². The Labute approximate surface area is 344 Å². The second-order valence-corrected chi connectivity index (χ2v) is 16.3. The fourth-order valence-electron chi connectivity index (χ4n) is 7.87. The Balaban J connectivity index is 0.941. The number of hydrogen-bond acceptors (Lipinski definition) is 6. The van der Waals surface area contributed by atoms with Crippen molar-refractivity contribution in [3.8, 4) is 21.1 Å². The zero-order chi connectivity index (χ0) is 38.4. The topological polar surface area (TPSA) is 32.3 Å². The van der Waals surface area contributed by atoms with E-state index in [0.717, 1.165) is 66.3 Å². The lowest BCUT2D eigenvalue weighted by Gasteiger charge is -2.26. The highest BCUT2D eigenvalue weighted by molar-refractivity contribution is 7.22. The molecule has 0 aliphatic rings. The lowest BCUT2D eigenvalue weighted by molar-refractivity contribution is 1.29. The monoisotopic (exact) mass is 778 g/mol. The summed E-state index contributed by atoms with van der Waals surface area (Å²) >= 11 is 3.46. The van der Waals surface area contributed by atoms with E-state index < -0.39 is 0 Å². The molecule has 0 fully saturated rings. The molecule has 0 aliphatic carbocycles. The van der Waals surface area contributed by atoms with Gasteiger partial charge in [-0.25, -0.2) is 9.97 Å². The molecule has 0 unspecified atom stereocenters. The average Bonchev–Trinajstić information content (AvgIpc) is 3.93. The summed E-state index contributed by atoms with van der Waals surface area (Å²) in [6.07, 6.45) is 0. The zero-order valence-electron chi connectivity index (χ0n) is 31.2. The van der Waals surface area contributed by atoms with Crippen LogP contribution in [0.15, 0.2) is 206 Å². The van der Waals surface area contributed by atoms with Gasteiger partial charge < -0.3 is 9.80 Å². The minimum Gasteiger partial charge on any atom is -0.310 e. The summed E-state index contributed by atoms with van der Waals surface area (Å²) < 4.78 is 2.40. The second-order valence-electron chi connectivity index (χ2n) is 14.3. The third-order valence-corrected chi connectivity index (χ3v) is 12.9. The van der Waals surface area contributed by atoms with Gasteiger partial charge in [-0.15, -0.1) is 22.7 Å². The van der Waals surface area contributed by atoms with Gasteiger partial charge >= 0.3 is 0 Å². The molecule has 0 radical (unpaired) electrons. The molecule has 11 rings (SSSR count). The van der Waals surface area contributed by atoms with E-state index in [1.807, 2.05) is 12.1 Å². The van der Waals surface area contributed by atoms with Crippen LogP contribution in [-0.2, 0) is 0 Å². The molecule has 0 N–H and O–H groups in total. The fourth-order valence-corrected chi connectivity index (χ4v) is 9.81. The van der Waals surface area contributed by atoms with Gasteiger partial charge in [-0.3, -0.25) is 0 Å². The summed E-state index contributed by atoms with van der Waals surface area (Å²) in [5.74, 6) is 0. The summed E-state index contributed by atoms with van der Waals surface area (Å²) in [7, 11) is 0. The lowest BCUT2D eigenvalue weighted by Crippen LogP contribution is -2.10. The largest absolute Gasteiger partial charge is 0.310 e. The molecule has 58 heavy (non-hydrogen) atoms. The summed E-state index contributed by atoms with van der Waals surface area (Å²) in [4.78, 5) is 14.5. The number of aromatic nitrogens is 2. The maximum atomic E-state index is 4.90. The highest BCUT2D eigenvalue weighted by Crippen LogP contribution is 2.42. The van der Waals surface area contributed by atoms with Gasteiger partial charge in [0, 0.05) is 45.3 Å². The van der Waals surface area contributed by atoms with Crippen molar-refractivity contribution in [3.63, 3.8) is 0 Å². The third-order valence-electron chi connectivity index (χ3n) is 10.7. The van der Waals surface area contributed by atoms with Crippen LogP contribution in [0.1, 0.15) is 0 Å². The van der Waals surface area contributed by atoms with E-state index in [-0.39, 0.29) is 0 Å². The van der Waals surface area contributed by atoms with E-state index >= 15 is 0 Å². The molecule has 0 bridgehead atoms. The SMILES string of the molecule is c1ccc(N(c2ccc(-c3nc4ccccc4s3)cc2)c2ccc3c(ccc4cc(N(c5ccccc5)c5ccc(-c6nc7ccccc7s6)cc5)ccc43)c2)cc1. The Morgan fingerprint density at radius 1 is 0.310 bits per heavy atom. The minimum absolute atomic E-state index is 1.03. The normalized spacial score (nSPS) is 11.4. The maximum Gasteiger partial charge on any atom is 0.124 e. The Kier molecular flexibility index (Phi) is 8.50. The van der Waals surface area contributed by atoms with Crippen LogP contribution in [0, 0.1) is 0 Å². The van der Waals surface area contributed by atoms with Crippen molar-refractivity contribution in [1.82, 2.24) is 9.97 Å². The van der Waals surface area contributed by atoms with Crippen molar-refractivity contribution in [2.45, 2.75) is 0 Å². The first-order valence-corrected chi connectivity index (χ1v) is 20.9. The van der Waals surface area contributed by atoms with Crippen LogP contribution in [0.25, 0.3) is 63.1 Å². The van der Waals surface area contributed by atoms with E-state index in [0.29, 0.717) is 0 Å². The van der Waals surface area contributed by atoms with Gasteiger partial charge in [0.1, 0.15) is 10.0 Å². The summed E-state index contributed by atoms with van der Waals surface area (Å²) in [6, 6.07) is 73.5. The standard InChI is InChI=1S/C52H34N4S2/c1-3-11-39(12-4-1)55(41-25-21-35(22-26-41)51-53-47-15-7-9-17-49(47)57-51)43-29-31-45-37(33-43)19-20-38-34-44(30-32-46(38)45)56(40-13-5-2-6-14-40)42-27-23-36(24-28-42)52-54-48-16-8-10-18-50(48)58-52/h1-34H. The van der Waals surface area contributed by atoms with Gasteiger partial charge in [0.05, 0.1) is 20.4 Å². The van der Waals surface area contributed by atoms with Crippen molar-refractivity contribution in [3.05, 3.63) is 206 Å². The predicted molar refractivity (Wildman–Crippen MR) is 248 cm³/mol. The van der Waals surface area contributed by atoms with Gasteiger partial charge in [-0.1, -0.05) is 84.9 Å². The molecule has 0 atom stereocenters. The maximum absolute atomic E-state index is 4.90. The molecular weight excluding hydrogens is 745 g/mol. The molecule has 2 heterocycles. The van der Waals surface area contributed by atoms with Gasteiger partial charge in [-0.05, 0) is 143 Å². The van der Waals surface area contributed by atoms with Gasteiger partial charge in [0.25, 0.3) is 0 Å². The van der Waals surface area contributed by atoms with E-state index in [9.17, 15) is 0 Å². The van der Waals surface area contributed by atoms with Crippen LogP contribution in [0.3, 0.4) is 0 Å². The number of benzene rings is 9. The first-order valence-electron chi connectivity index (χ1n) is 19.3. The van der Waals surface area contributed by atoms with Gasteiger partial charge in [-0.2, -0.15) is 0 Å². The molecule has 4 nitrogen and oxygen atoms in total. The Morgan fingerprint density at radius 2 is 0.672 bits per heavy atom. The van der Waals surface area contributed by atoms with Crippen molar-refractivity contribution < 1.29 is 0 Å². The predicted octanol–water partition coefficient (Wildman–Crippen LogP) is 15.5. The molecule has 0 amide bonds. The number of anilines is 6. The lowest BCUT2D eigenvalue weighted by atomic mass is 10.00. The number of thiazole rings is 2. The molecule has 11 aromatic rings. The van der Waals surface area contributed by atoms with Crippen molar-refractivity contribution in [2.24, 2.45) is 0 Å². The molecule has 2 aromatic heterocycles. The van der Waals surface area contributed by atoms with Crippen LogP contribution < -0.4 is 9.80 Å². The smallest absolute Gasteiger partial charge is 0.124 e. The number of nitrogens with zero attached hydrogens (tertiary/aromatic N) is 4. The summed E-state index contributed by atoms with van der Waals surface area (Å²) in [5, 5.41) is 6.89. The Morgan fingerprint density at radius 3 is 1.09 bits per heavy atom. The molecule has 9 aromatic carbocycles. The minimum atomic E-state index is 1.03. The summed E-state index contributed by atoms with van der Waals surface area (Å²) in [5.41, 5.74) is 10.9. The van der Waals surface area contributed by atoms with Crippen LogP contribution in [0.5, 0.6) is 0 Å². The molecule has 6 heteroatoms. The Bertz CT molecular complexity index is 2940. The number of para-hydroxylation sites is 4. The van der Waals surface area contributed by atoms with Gasteiger partial charge in [0.2, 0.25) is 0 Å². The molecule has 0 aliphatic heterocycles. The average molecular weight is 779 g/mol. The molecular formula is C52H34N4S2. The Hall–Kier alpha value is -7.12. The highest BCUT2D eigenvalue weighted by atomic mass is 32.1. The van der Waals surface area contributed by atoms with Crippen LogP contribution >= 0.6 is 22.7 Å². The van der Waals surface area contributed by atoms with Crippen molar-refractivity contribution in [2.75, 3.05) is 9.80 Å². The number of rotatable bonds is 8. The molecule has 0 saturated heterocycles. The van der Waals surface area contributed by atoms with Crippen LogP contribution in [-0.4, -0.2) is 9.97 Å². The summed E-state index contributed by atoms with van der Waals surface area (Å²) in [6.45, 7) is 0. The van der Waals surface area contributed by atoms with Gasteiger partial charge in [0.15, 0.2) is 0 Å². The zero-order valence-corrected chi connectivity index (χ0v) is 32.9. The fraction of sp³-hybridized carbons (Fsp3) is 0. The quantitative estimate of drug-likeness (QED) is 0.144. The van der Waals surface area contributed by atoms with E-state index in [4.69, 9.17) is 9.97 Å². The third kappa shape index (κ3) is 6.25. The van der Waals surface area contributed by atoms with Crippen LogP contribution in [0.4, 0.5) is 34.1 Å². The molecule has 0 spiro atoms. The van der Waals surface area contributed by atoms with E-state index in [2.05, 4.69) is 204 Å². The first-order chi connectivity index (χ1) is 28.7. The molecule has 0 saturated carbocycles. The van der Waals surface area contributed by atoms with Crippen LogP contribution in [0.2, 0.25) is 0 Å². The highest BCUT2D eigenvalue weighted by Gasteiger charge is 2.17. The van der Waals surface area contributed by atoms with E-state index in [1.165, 1.54) is 30.9 Å². The number of fused-ring (bicyclic) bond motifs is 5.